The number of methoxy groups -OCH3 is 2. The van der Waals surface area contributed by atoms with E-state index < -0.39 is 11.9 Å². The zero-order valence-electron chi connectivity index (χ0n) is 15.2. The van der Waals surface area contributed by atoms with E-state index in [9.17, 15) is 14.4 Å². The Labute approximate surface area is 148 Å². The van der Waals surface area contributed by atoms with Gasteiger partial charge in [0.1, 0.15) is 6.10 Å². The van der Waals surface area contributed by atoms with Crippen molar-refractivity contribution >= 4 is 17.9 Å². The molecule has 0 aromatic carbocycles. The van der Waals surface area contributed by atoms with Crippen LogP contribution in [0.2, 0.25) is 0 Å². The van der Waals surface area contributed by atoms with Crippen LogP contribution in [0.15, 0.2) is 37.1 Å². The van der Waals surface area contributed by atoms with Crippen LogP contribution < -0.4 is 0 Å². The first kappa shape index (κ1) is 24.7. The Morgan fingerprint density at radius 3 is 1.80 bits per heavy atom. The molecule has 0 heterocycles. The molecule has 1 saturated carbocycles. The van der Waals surface area contributed by atoms with Crippen molar-refractivity contribution in [2.24, 2.45) is 0 Å². The van der Waals surface area contributed by atoms with Crippen molar-refractivity contribution in [3.63, 3.8) is 0 Å². The molecule has 1 rings (SSSR count). The molecule has 0 unspecified atom stereocenters. The minimum atomic E-state index is -1.12. The lowest BCUT2D eigenvalue weighted by atomic mass is 9.98. The molecule has 0 radical (unpaired) electrons. The van der Waals surface area contributed by atoms with E-state index in [4.69, 9.17) is 9.84 Å². The summed E-state index contributed by atoms with van der Waals surface area (Å²) in [4.78, 5) is 30.6. The molecule has 0 bridgehead atoms. The van der Waals surface area contributed by atoms with Crippen LogP contribution in [0.25, 0.3) is 0 Å². The highest BCUT2D eigenvalue weighted by atomic mass is 16.5. The summed E-state index contributed by atoms with van der Waals surface area (Å²) < 4.78 is 13.6. The minimum absolute atomic E-state index is 0.156. The van der Waals surface area contributed by atoms with Crippen molar-refractivity contribution in [1.82, 2.24) is 0 Å². The second-order valence-electron chi connectivity index (χ2n) is 5.11. The van der Waals surface area contributed by atoms with Gasteiger partial charge in [0.25, 0.3) is 0 Å². The van der Waals surface area contributed by atoms with Crippen molar-refractivity contribution in [3.05, 3.63) is 37.1 Å². The summed E-state index contributed by atoms with van der Waals surface area (Å²) in [7, 11) is 2.57. The van der Waals surface area contributed by atoms with Gasteiger partial charge in [-0.3, -0.25) is 0 Å². The van der Waals surface area contributed by atoms with E-state index in [0.717, 1.165) is 18.9 Å². The van der Waals surface area contributed by atoms with Crippen molar-refractivity contribution in [2.75, 3.05) is 14.2 Å². The SMILES string of the molecule is C=C(C)C(=O)OC1CCCCC1.C=C(OC)C(=O)O.C=CC(=O)OC. The van der Waals surface area contributed by atoms with Gasteiger partial charge in [0.15, 0.2) is 5.76 Å². The van der Waals surface area contributed by atoms with E-state index >= 15 is 0 Å². The van der Waals surface area contributed by atoms with Crippen molar-refractivity contribution in [2.45, 2.75) is 45.1 Å². The molecule has 1 N–H and O–H groups in total. The lowest BCUT2D eigenvalue weighted by Gasteiger charge is -2.21. The zero-order chi connectivity index (χ0) is 19.8. The topological polar surface area (TPSA) is 99.1 Å². The van der Waals surface area contributed by atoms with E-state index in [1.807, 2.05) is 0 Å². The predicted molar refractivity (Wildman–Crippen MR) is 93.8 cm³/mol. The number of carboxylic acid groups (broad SMARTS) is 1. The molecule has 1 aliphatic rings. The molecule has 1 fully saturated rings. The van der Waals surface area contributed by atoms with Crippen molar-refractivity contribution < 1.29 is 33.7 Å². The Kier molecular flexibility index (Phi) is 14.8. The maximum Gasteiger partial charge on any atom is 0.370 e. The summed E-state index contributed by atoms with van der Waals surface area (Å²) in [6.07, 6.45) is 6.98. The van der Waals surface area contributed by atoms with Gasteiger partial charge in [0, 0.05) is 11.6 Å². The minimum Gasteiger partial charge on any atom is -0.490 e. The molecular weight excluding hydrogens is 328 g/mol. The van der Waals surface area contributed by atoms with E-state index in [-0.39, 0.29) is 17.8 Å². The maximum atomic E-state index is 11.1. The molecule has 0 aromatic rings. The molecule has 7 nitrogen and oxygen atoms in total. The molecule has 0 aliphatic heterocycles. The molecule has 0 aromatic heterocycles. The monoisotopic (exact) mass is 356 g/mol. The predicted octanol–water partition coefficient (Wildman–Crippen LogP) is 3.01. The summed E-state index contributed by atoms with van der Waals surface area (Å²) in [6, 6.07) is 0. The number of carbonyl (C=O) groups is 3. The van der Waals surface area contributed by atoms with Crippen molar-refractivity contribution in [1.29, 1.82) is 0 Å². The molecule has 7 heteroatoms. The highest BCUT2D eigenvalue weighted by Crippen LogP contribution is 2.20. The molecule has 25 heavy (non-hydrogen) atoms. The summed E-state index contributed by atoms with van der Waals surface area (Å²) in [5, 5.41) is 7.96. The van der Waals surface area contributed by atoms with Crippen LogP contribution >= 0.6 is 0 Å². The summed E-state index contributed by atoms with van der Waals surface area (Å²) in [5.74, 6) is -1.99. The lowest BCUT2D eigenvalue weighted by molar-refractivity contribution is -0.145. The molecule has 0 amide bonds. The second-order valence-corrected chi connectivity index (χ2v) is 5.11. The zero-order valence-corrected chi connectivity index (χ0v) is 15.2. The fourth-order valence-electron chi connectivity index (χ4n) is 1.61. The van der Waals surface area contributed by atoms with Crippen LogP contribution in [0.5, 0.6) is 0 Å². The Morgan fingerprint density at radius 1 is 1.04 bits per heavy atom. The molecule has 142 valence electrons. The summed E-state index contributed by atoms with van der Waals surface area (Å²) in [6.45, 7) is 11.4. The van der Waals surface area contributed by atoms with Gasteiger partial charge in [0.05, 0.1) is 14.2 Å². The highest BCUT2D eigenvalue weighted by Gasteiger charge is 2.17. The fraction of sp³-hybridized carbons (Fsp3) is 0.500. The van der Waals surface area contributed by atoms with E-state index in [1.54, 1.807) is 6.92 Å². The third kappa shape index (κ3) is 14.7. The number of hydrogen-bond acceptors (Lipinski definition) is 6. The van der Waals surface area contributed by atoms with E-state index in [2.05, 4.69) is 29.2 Å². The molecular formula is C18H28O7. The Hall–Kier alpha value is -2.57. The van der Waals surface area contributed by atoms with Gasteiger partial charge in [0.2, 0.25) is 0 Å². The van der Waals surface area contributed by atoms with Crippen LogP contribution in [0, 0.1) is 0 Å². The smallest absolute Gasteiger partial charge is 0.370 e. The average Bonchev–Trinajstić information content (AvgIpc) is 2.61. The molecule has 0 atom stereocenters. The average molecular weight is 356 g/mol. The van der Waals surface area contributed by atoms with Gasteiger partial charge in [-0.25, -0.2) is 14.4 Å². The van der Waals surface area contributed by atoms with Crippen LogP contribution in [0.4, 0.5) is 0 Å². The standard InChI is InChI=1S/C10H16O2.C4H6O3.C4H6O2/c1-8(2)10(11)12-9-6-4-3-5-7-9;1-3(7-2)4(5)6;1-3-4(5)6-2/h9H,1,3-7H2,2H3;1H2,2H3,(H,5,6);3H,1H2,2H3. The first-order chi connectivity index (χ1) is 11.7. The highest BCUT2D eigenvalue weighted by molar-refractivity contribution is 5.87. The van der Waals surface area contributed by atoms with Crippen molar-refractivity contribution in [3.8, 4) is 0 Å². The Bertz CT molecular complexity index is 474. The van der Waals surface area contributed by atoms with Gasteiger partial charge in [-0.05, 0) is 39.2 Å². The van der Waals surface area contributed by atoms with Gasteiger partial charge in [-0.2, -0.15) is 0 Å². The maximum absolute atomic E-state index is 11.1. The molecule has 0 saturated heterocycles. The number of hydrogen-bond donors (Lipinski definition) is 1. The van der Waals surface area contributed by atoms with Crippen LogP contribution in [-0.2, 0) is 28.6 Å². The van der Waals surface area contributed by atoms with Gasteiger partial charge in [-0.15, -0.1) is 0 Å². The normalized spacial score (nSPS) is 12.8. The van der Waals surface area contributed by atoms with E-state index in [0.29, 0.717) is 5.57 Å². The Balaban J connectivity index is 0. The molecule has 0 spiro atoms. The van der Waals surface area contributed by atoms with Gasteiger partial charge in [-0.1, -0.05) is 19.6 Å². The first-order valence-corrected chi connectivity index (χ1v) is 7.72. The number of esters is 2. The fourth-order valence-corrected chi connectivity index (χ4v) is 1.61. The largest absolute Gasteiger partial charge is 0.490 e. The number of carbonyl (C=O) groups excluding carboxylic acids is 2. The summed E-state index contributed by atoms with van der Waals surface area (Å²) in [5.41, 5.74) is 0.501. The number of rotatable bonds is 5. The third-order valence-corrected chi connectivity index (χ3v) is 3.03. The second kappa shape index (κ2) is 15.0. The summed E-state index contributed by atoms with van der Waals surface area (Å²) >= 11 is 0. The lowest BCUT2D eigenvalue weighted by Crippen LogP contribution is -2.20. The third-order valence-electron chi connectivity index (χ3n) is 3.03. The van der Waals surface area contributed by atoms with Crippen LogP contribution in [0.1, 0.15) is 39.0 Å². The van der Waals surface area contributed by atoms with E-state index in [1.165, 1.54) is 33.5 Å². The quantitative estimate of drug-likeness (QED) is 0.459. The first-order valence-electron chi connectivity index (χ1n) is 7.72. The van der Waals surface area contributed by atoms with Crippen LogP contribution in [-0.4, -0.2) is 43.3 Å². The van der Waals surface area contributed by atoms with Crippen LogP contribution in [0.3, 0.4) is 0 Å². The molecule has 1 aliphatic carbocycles. The number of ether oxygens (including phenoxy) is 3. The number of aliphatic carboxylic acids is 1. The number of carboxylic acids is 1. The van der Waals surface area contributed by atoms with Gasteiger partial charge < -0.3 is 19.3 Å². The van der Waals surface area contributed by atoms with Gasteiger partial charge >= 0.3 is 17.9 Å². The Morgan fingerprint density at radius 2 is 1.56 bits per heavy atom.